The summed E-state index contributed by atoms with van der Waals surface area (Å²) in [5.74, 6) is -0.458. The second-order valence-electron chi connectivity index (χ2n) is 7.24. The van der Waals surface area contributed by atoms with E-state index in [1.165, 1.54) is 5.56 Å². The van der Waals surface area contributed by atoms with Gasteiger partial charge in [0, 0.05) is 13.0 Å². The highest BCUT2D eigenvalue weighted by Gasteiger charge is 2.30. The minimum atomic E-state index is -1.65. The van der Waals surface area contributed by atoms with Gasteiger partial charge in [-0.25, -0.2) is 4.79 Å². The molecule has 2 aromatic rings. The summed E-state index contributed by atoms with van der Waals surface area (Å²) in [5.41, 5.74) is 3.25. The molecule has 1 aliphatic rings. The number of hydrogen-bond acceptors (Lipinski definition) is 4. The average Bonchev–Trinajstić information content (AvgIpc) is 2.72. The molecule has 0 radical (unpaired) electrons. The van der Waals surface area contributed by atoms with Gasteiger partial charge in [0.05, 0.1) is 12.5 Å². The monoisotopic (exact) mass is 395 g/mol. The molecule has 0 fully saturated rings. The molecule has 2 atom stereocenters. The summed E-state index contributed by atoms with van der Waals surface area (Å²) >= 11 is 0. The zero-order valence-electron chi connectivity index (χ0n) is 16.4. The van der Waals surface area contributed by atoms with Crippen molar-refractivity contribution in [1.82, 2.24) is 15.5 Å². The average molecular weight is 395 g/mol. The van der Waals surface area contributed by atoms with Gasteiger partial charge in [0.25, 0.3) is 0 Å². The highest BCUT2D eigenvalue weighted by atomic mass is 16.4. The van der Waals surface area contributed by atoms with E-state index in [-0.39, 0.29) is 18.5 Å². The molecule has 2 unspecified atom stereocenters. The predicted molar refractivity (Wildman–Crippen MR) is 111 cm³/mol. The lowest BCUT2D eigenvalue weighted by molar-refractivity contribution is -0.122. The predicted octanol–water partition coefficient (Wildman–Crippen LogP) is 1.05. The van der Waals surface area contributed by atoms with Crippen molar-refractivity contribution in [3.8, 4) is 0 Å². The smallest absolute Gasteiger partial charge is 0.426 e. The maximum Gasteiger partial charge on any atom is 0.472 e. The zero-order valence-corrected chi connectivity index (χ0v) is 16.4. The molecule has 1 heterocycles. The molecule has 0 spiro atoms. The molecule has 8 heteroatoms. The SMILES string of the molecule is CC1c2ccccc2CCN1C(=O)NC(Cc1ccccc1)C(=O)NCB(O)O. The molecule has 0 bridgehead atoms. The van der Waals surface area contributed by atoms with Gasteiger partial charge >= 0.3 is 13.1 Å². The maximum absolute atomic E-state index is 13.0. The molecule has 0 saturated heterocycles. The van der Waals surface area contributed by atoms with Crippen molar-refractivity contribution in [2.24, 2.45) is 0 Å². The summed E-state index contributed by atoms with van der Waals surface area (Å²) in [6.07, 6.45) is 0.770. The van der Waals surface area contributed by atoms with E-state index in [2.05, 4.69) is 16.7 Å². The quantitative estimate of drug-likeness (QED) is 0.550. The molecule has 0 aromatic heterocycles. The van der Waals surface area contributed by atoms with Crippen LogP contribution in [0.15, 0.2) is 54.6 Å². The number of nitrogens with zero attached hydrogens (tertiary/aromatic N) is 1. The van der Waals surface area contributed by atoms with Crippen LogP contribution in [-0.4, -0.2) is 53.0 Å². The summed E-state index contributed by atoms with van der Waals surface area (Å²) in [4.78, 5) is 27.3. The Balaban J connectivity index is 1.72. The van der Waals surface area contributed by atoms with E-state index in [1.807, 2.05) is 55.5 Å². The third-order valence-corrected chi connectivity index (χ3v) is 5.21. The third kappa shape index (κ3) is 5.37. The second-order valence-corrected chi connectivity index (χ2v) is 7.24. The van der Waals surface area contributed by atoms with Gasteiger partial charge < -0.3 is 25.6 Å². The highest BCUT2D eigenvalue weighted by Crippen LogP contribution is 2.29. The van der Waals surface area contributed by atoms with E-state index in [0.29, 0.717) is 13.0 Å². The van der Waals surface area contributed by atoms with Gasteiger partial charge in [-0.2, -0.15) is 0 Å². The second kappa shape index (κ2) is 9.58. The fourth-order valence-corrected chi connectivity index (χ4v) is 3.66. The first kappa shape index (κ1) is 20.9. The molecular formula is C21H26BN3O4. The Kier molecular flexibility index (Phi) is 6.90. The van der Waals surface area contributed by atoms with Crippen molar-refractivity contribution in [2.75, 3.05) is 13.0 Å². The molecule has 7 nitrogen and oxygen atoms in total. The van der Waals surface area contributed by atoms with Crippen molar-refractivity contribution in [3.63, 3.8) is 0 Å². The summed E-state index contributed by atoms with van der Waals surface area (Å²) < 4.78 is 0. The highest BCUT2D eigenvalue weighted by molar-refractivity contribution is 6.41. The van der Waals surface area contributed by atoms with Crippen LogP contribution in [-0.2, 0) is 17.6 Å². The van der Waals surface area contributed by atoms with Crippen LogP contribution in [0.4, 0.5) is 4.79 Å². The summed E-state index contributed by atoms with van der Waals surface area (Å²) in [6, 6.07) is 16.2. The van der Waals surface area contributed by atoms with E-state index in [0.717, 1.165) is 17.5 Å². The summed E-state index contributed by atoms with van der Waals surface area (Å²) in [7, 11) is -1.65. The zero-order chi connectivity index (χ0) is 20.8. The van der Waals surface area contributed by atoms with Crippen molar-refractivity contribution >= 4 is 19.1 Å². The van der Waals surface area contributed by atoms with Crippen LogP contribution < -0.4 is 10.6 Å². The van der Waals surface area contributed by atoms with Crippen molar-refractivity contribution in [2.45, 2.75) is 31.8 Å². The maximum atomic E-state index is 13.0. The number of hydrogen-bond donors (Lipinski definition) is 4. The van der Waals surface area contributed by atoms with Crippen LogP contribution in [0, 0.1) is 0 Å². The Bertz CT molecular complexity index is 847. The Hall–Kier alpha value is -2.84. The van der Waals surface area contributed by atoms with Crippen molar-refractivity contribution < 1.29 is 19.6 Å². The first-order valence-corrected chi connectivity index (χ1v) is 9.78. The molecule has 2 aromatic carbocycles. The van der Waals surface area contributed by atoms with E-state index in [1.54, 1.807) is 4.90 Å². The van der Waals surface area contributed by atoms with Crippen LogP contribution in [0.3, 0.4) is 0 Å². The number of carbonyl (C=O) groups is 2. The number of rotatable bonds is 6. The summed E-state index contributed by atoms with van der Waals surface area (Å²) in [5, 5.41) is 23.4. The molecule has 29 heavy (non-hydrogen) atoms. The number of urea groups is 1. The van der Waals surface area contributed by atoms with Gasteiger partial charge in [-0.1, -0.05) is 54.6 Å². The number of carbonyl (C=O) groups excluding carboxylic acids is 2. The van der Waals surface area contributed by atoms with Gasteiger partial charge in [-0.15, -0.1) is 0 Å². The molecule has 3 amide bonds. The van der Waals surface area contributed by atoms with Crippen LogP contribution >= 0.6 is 0 Å². The van der Waals surface area contributed by atoms with Crippen LogP contribution in [0.5, 0.6) is 0 Å². The van der Waals surface area contributed by atoms with Gasteiger partial charge in [-0.3, -0.25) is 4.79 Å². The van der Waals surface area contributed by atoms with Gasteiger partial charge in [0.15, 0.2) is 0 Å². The van der Waals surface area contributed by atoms with Crippen LogP contribution in [0.25, 0.3) is 0 Å². The minimum Gasteiger partial charge on any atom is -0.426 e. The standard InChI is InChI=1S/C21H26BN3O4/c1-15-18-10-6-5-9-17(18)11-12-25(15)21(27)24-19(20(26)23-14-22(28)29)13-16-7-3-2-4-8-16/h2-10,15,19,28-29H,11-14H2,1H3,(H,23,26)(H,24,27). The third-order valence-electron chi connectivity index (χ3n) is 5.21. The Labute approximate surface area is 170 Å². The largest absolute Gasteiger partial charge is 0.472 e. The number of benzene rings is 2. The van der Waals surface area contributed by atoms with Crippen molar-refractivity contribution in [1.29, 1.82) is 0 Å². The fourth-order valence-electron chi connectivity index (χ4n) is 3.66. The fraction of sp³-hybridized carbons (Fsp3) is 0.333. The Morgan fingerprint density at radius 1 is 1.14 bits per heavy atom. The van der Waals surface area contributed by atoms with E-state index < -0.39 is 19.1 Å². The molecule has 0 aliphatic carbocycles. The topological polar surface area (TPSA) is 102 Å². The Morgan fingerprint density at radius 3 is 2.55 bits per heavy atom. The normalized spacial score (nSPS) is 16.5. The lowest BCUT2D eigenvalue weighted by atomic mass is 9.92. The Morgan fingerprint density at radius 2 is 1.83 bits per heavy atom. The number of amides is 3. The van der Waals surface area contributed by atoms with E-state index >= 15 is 0 Å². The first-order valence-electron chi connectivity index (χ1n) is 9.78. The van der Waals surface area contributed by atoms with Gasteiger partial charge in [-0.05, 0) is 30.0 Å². The molecule has 152 valence electrons. The summed E-state index contributed by atoms with van der Waals surface area (Å²) in [6.45, 7) is 2.55. The molecule has 1 aliphatic heterocycles. The van der Waals surface area contributed by atoms with E-state index in [4.69, 9.17) is 10.0 Å². The van der Waals surface area contributed by atoms with Crippen molar-refractivity contribution in [3.05, 3.63) is 71.3 Å². The van der Waals surface area contributed by atoms with Gasteiger partial charge in [0.2, 0.25) is 5.91 Å². The van der Waals surface area contributed by atoms with E-state index in [9.17, 15) is 9.59 Å². The van der Waals surface area contributed by atoms with Gasteiger partial charge in [0.1, 0.15) is 6.04 Å². The first-order chi connectivity index (χ1) is 14.0. The molecule has 0 saturated carbocycles. The molecule has 4 N–H and O–H groups in total. The lowest BCUT2D eigenvalue weighted by Crippen LogP contribution is -2.54. The molecule has 3 rings (SSSR count). The number of nitrogens with one attached hydrogen (secondary N) is 2. The molecular weight excluding hydrogens is 369 g/mol. The van der Waals surface area contributed by atoms with Crippen LogP contribution in [0.2, 0.25) is 0 Å². The van der Waals surface area contributed by atoms with Crippen LogP contribution in [0.1, 0.15) is 29.7 Å². The minimum absolute atomic E-state index is 0.0975. The lowest BCUT2D eigenvalue weighted by Gasteiger charge is -2.36. The number of fused-ring (bicyclic) bond motifs is 1.